The molecule has 1 N–H and O–H groups in total. The minimum atomic E-state index is -0.190. The highest BCUT2D eigenvalue weighted by Crippen LogP contribution is 2.19. The number of hydrogen-bond donors (Lipinski definition) is 1. The van der Waals surface area contributed by atoms with E-state index in [2.05, 4.69) is 10.3 Å². The highest BCUT2D eigenvalue weighted by atomic mass is 16.1. The first-order valence-electron chi connectivity index (χ1n) is 6.87. The van der Waals surface area contributed by atoms with Crippen LogP contribution in [0.1, 0.15) is 27.2 Å². The van der Waals surface area contributed by atoms with Crippen molar-refractivity contribution < 1.29 is 4.79 Å². The molecule has 3 rings (SSSR count). The molecule has 0 radical (unpaired) electrons. The average molecular weight is 279 g/mol. The topological polar surface area (TPSA) is 46.4 Å². The van der Waals surface area contributed by atoms with Crippen molar-refractivity contribution in [2.75, 3.05) is 5.32 Å². The zero-order chi connectivity index (χ0) is 15.0. The molecular formula is C17H17N3O. The Balaban J connectivity index is 1.91. The Kier molecular flexibility index (Phi) is 3.22. The maximum absolute atomic E-state index is 12.3. The maximum atomic E-state index is 12.3. The summed E-state index contributed by atoms with van der Waals surface area (Å²) in [5.41, 5.74) is 5.37. The summed E-state index contributed by atoms with van der Waals surface area (Å²) in [6.07, 6.45) is 3.65. The fraction of sp³-hybridized carbons (Fsp3) is 0.176. The zero-order valence-electron chi connectivity index (χ0n) is 12.3. The van der Waals surface area contributed by atoms with Gasteiger partial charge in [0.1, 0.15) is 11.3 Å². The lowest BCUT2D eigenvalue weighted by molar-refractivity contribution is 0.102. The number of aryl methyl sites for hydroxylation is 2. The van der Waals surface area contributed by atoms with Gasteiger partial charge in [-0.3, -0.25) is 4.79 Å². The van der Waals surface area contributed by atoms with E-state index in [-0.39, 0.29) is 5.91 Å². The molecule has 0 saturated carbocycles. The van der Waals surface area contributed by atoms with Crippen LogP contribution in [0.4, 0.5) is 5.69 Å². The number of amides is 1. The molecule has 21 heavy (non-hydrogen) atoms. The van der Waals surface area contributed by atoms with Gasteiger partial charge in [0, 0.05) is 18.1 Å². The lowest BCUT2D eigenvalue weighted by Gasteiger charge is -2.08. The highest BCUT2D eigenvalue weighted by Gasteiger charge is 2.12. The number of imidazole rings is 1. The van der Waals surface area contributed by atoms with E-state index in [1.807, 2.05) is 61.7 Å². The number of benzene rings is 1. The van der Waals surface area contributed by atoms with Crippen LogP contribution in [0, 0.1) is 20.8 Å². The molecule has 1 amide bonds. The first kappa shape index (κ1) is 13.4. The second-order valence-electron chi connectivity index (χ2n) is 5.30. The minimum absolute atomic E-state index is 0.190. The normalized spacial score (nSPS) is 10.8. The number of fused-ring (bicyclic) bond motifs is 1. The second-order valence-corrected chi connectivity index (χ2v) is 5.30. The fourth-order valence-electron chi connectivity index (χ4n) is 2.27. The molecule has 0 unspecified atom stereocenters. The second kappa shape index (κ2) is 5.05. The molecule has 1 aromatic carbocycles. The molecule has 0 fully saturated rings. The van der Waals surface area contributed by atoms with Gasteiger partial charge >= 0.3 is 0 Å². The fourth-order valence-corrected chi connectivity index (χ4v) is 2.27. The first-order chi connectivity index (χ1) is 10.0. The van der Waals surface area contributed by atoms with Gasteiger partial charge in [0.15, 0.2) is 0 Å². The number of nitrogens with one attached hydrogen (secondary N) is 1. The summed E-state index contributed by atoms with van der Waals surface area (Å²) in [5, 5.41) is 2.93. The van der Waals surface area contributed by atoms with Gasteiger partial charge in [-0.05, 0) is 55.7 Å². The lowest BCUT2D eigenvalue weighted by Crippen LogP contribution is -2.13. The van der Waals surface area contributed by atoms with Crippen molar-refractivity contribution in [3.05, 3.63) is 65.1 Å². The van der Waals surface area contributed by atoms with Crippen LogP contribution in [0.5, 0.6) is 0 Å². The van der Waals surface area contributed by atoms with Gasteiger partial charge in [-0.1, -0.05) is 12.1 Å². The van der Waals surface area contributed by atoms with Gasteiger partial charge in [0.05, 0.1) is 0 Å². The molecular weight excluding hydrogens is 262 g/mol. The van der Waals surface area contributed by atoms with Crippen LogP contribution in [0.15, 0.2) is 42.7 Å². The van der Waals surface area contributed by atoms with Gasteiger partial charge in [0.2, 0.25) is 0 Å². The van der Waals surface area contributed by atoms with E-state index in [1.54, 1.807) is 6.20 Å². The molecule has 2 heterocycles. The minimum Gasteiger partial charge on any atom is -0.320 e. The average Bonchev–Trinajstić information content (AvgIpc) is 2.87. The molecule has 2 aromatic heterocycles. The van der Waals surface area contributed by atoms with Gasteiger partial charge in [-0.25, -0.2) is 4.98 Å². The Morgan fingerprint density at radius 3 is 2.81 bits per heavy atom. The molecule has 3 aromatic rings. The molecule has 106 valence electrons. The molecule has 4 heteroatoms. The Morgan fingerprint density at radius 2 is 2.00 bits per heavy atom. The Labute approximate surface area is 123 Å². The van der Waals surface area contributed by atoms with Crippen LogP contribution < -0.4 is 5.32 Å². The standard InChI is InChI=1S/C17H17N3O/c1-11-7-8-20-10-15(18-16(20)9-11)17(21)19-14-6-4-5-12(2)13(14)3/h4-10H,1-3H3,(H,19,21). The summed E-state index contributed by atoms with van der Waals surface area (Å²) in [6.45, 7) is 6.03. The number of carbonyl (C=O) groups excluding carboxylic acids is 1. The van der Waals surface area contributed by atoms with Gasteiger partial charge in [0.25, 0.3) is 5.91 Å². The maximum Gasteiger partial charge on any atom is 0.275 e. The van der Waals surface area contributed by atoms with Crippen molar-refractivity contribution in [1.29, 1.82) is 0 Å². The van der Waals surface area contributed by atoms with E-state index in [9.17, 15) is 4.79 Å². The van der Waals surface area contributed by atoms with Crippen LogP contribution >= 0.6 is 0 Å². The summed E-state index contributed by atoms with van der Waals surface area (Å²) in [5.74, 6) is -0.190. The molecule has 0 atom stereocenters. The third kappa shape index (κ3) is 2.52. The quantitative estimate of drug-likeness (QED) is 0.780. The van der Waals surface area contributed by atoms with Crippen LogP contribution in [0.3, 0.4) is 0 Å². The van der Waals surface area contributed by atoms with E-state index in [0.717, 1.165) is 28.0 Å². The molecule has 0 aliphatic carbocycles. The monoisotopic (exact) mass is 279 g/mol. The number of hydrogen-bond acceptors (Lipinski definition) is 2. The van der Waals surface area contributed by atoms with Crippen LogP contribution in [0.25, 0.3) is 5.65 Å². The summed E-state index contributed by atoms with van der Waals surface area (Å²) < 4.78 is 1.85. The third-order valence-electron chi connectivity index (χ3n) is 3.70. The Hall–Kier alpha value is -2.62. The van der Waals surface area contributed by atoms with E-state index in [0.29, 0.717) is 5.69 Å². The largest absolute Gasteiger partial charge is 0.320 e. The molecule has 0 aliphatic rings. The van der Waals surface area contributed by atoms with E-state index in [1.165, 1.54) is 0 Å². The van der Waals surface area contributed by atoms with E-state index < -0.39 is 0 Å². The Bertz CT molecular complexity index is 833. The van der Waals surface area contributed by atoms with Crippen molar-refractivity contribution in [3.8, 4) is 0 Å². The van der Waals surface area contributed by atoms with E-state index in [4.69, 9.17) is 0 Å². The number of anilines is 1. The van der Waals surface area contributed by atoms with Gasteiger partial charge in [-0.2, -0.15) is 0 Å². The van der Waals surface area contributed by atoms with Gasteiger partial charge < -0.3 is 9.72 Å². The number of nitrogens with zero attached hydrogens (tertiary/aromatic N) is 2. The van der Waals surface area contributed by atoms with Crippen molar-refractivity contribution in [2.45, 2.75) is 20.8 Å². The van der Waals surface area contributed by atoms with Crippen molar-refractivity contribution >= 4 is 17.2 Å². The van der Waals surface area contributed by atoms with Crippen molar-refractivity contribution in [1.82, 2.24) is 9.38 Å². The van der Waals surface area contributed by atoms with Crippen molar-refractivity contribution in [2.24, 2.45) is 0 Å². The van der Waals surface area contributed by atoms with Crippen LogP contribution in [0.2, 0.25) is 0 Å². The lowest BCUT2D eigenvalue weighted by atomic mass is 10.1. The predicted molar refractivity (Wildman–Crippen MR) is 83.8 cm³/mol. The SMILES string of the molecule is Cc1ccn2cc(C(=O)Nc3cccc(C)c3C)nc2c1. The van der Waals surface area contributed by atoms with E-state index >= 15 is 0 Å². The molecule has 0 bridgehead atoms. The molecule has 0 saturated heterocycles. The first-order valence-corrected chi connectivity index (χ1v) is 6.87. The number of aromatic nitrogens is 2. The summed E-state index contributed by atoms with van der Waals surface area (Å²) in [7, 11) is 0. The number of rotatable bonds is 2. The van der Waals surface area contributed by atoms with Crippen LogP contribution in [-0.4, -0.2) is 15.3 Å². The smallest absolute Gasteiger partial charge is 0.275 e. The van der Waals surface area contributed by atoms with Gasteiger partial charge in [-0.15, -0.1) is 0 Å². The summed E-state index contributed by atoms with van der Waals surface area (Å²) in [6, 6.07) is 9.81. The number of carbonyl (C=O) groups is 1. The molecule has 4 nitrogen and oxygen atoms in total. The Morgan fingerprint density at radius 1 is 1.19 bits per heavy atom. The zero-order valence-corrected chi connectivity index (χ0v) is 12.3. The predicted octanol–water partition coefficient (Wildman–Crippen LogP) is 3.51. The van der Waals surface area contributed by atoms with Crippen molar-refractivity contribution in [3.63, 3.8) is 0 Å². The third-order valence-corrected chi connectivity index (χ3v) is 3.70. The van der Waals surface area contributed by atoms with Crippen LogP contribution in [-0.2, 0) is 0 Å². The summed E-state index contributed by atoms with van der Waals surface area (Å²) in [4.78, 5) is 16.7. The molecule has 0 spiro atoms. The molecule has 0 aliphatic heterocycles. The highest BCUT2D eigenvalue weighted by molar-refractivity contribution is 6.03. The summed E-state index contributed by atoms with van der Waals surface area (Å²) >= 11 is 0. The number of pyridine rings is 1.